The van der Waals surface area contributed by atoms with Crippen molar-refractivity contribution in [3.05, 3.63) is 78.1 Å². The minimum Gasteiger partial charge on any atom is -0.477 e. The van der Waals surface area contributed by atoms with Crippen LogP contribution in [0.5, 0.6) is 0 Å². The number of nitrogens with zero attached hydrogens (tertiary/aromatic N) is 3. The Labute approximate surface area is 156 Å². The number of hydrogen-bond donors (Lipinski definition) is 1. The van der Waals surface area contributed by atoms with Crippen LogP contribution in [-0.4, -0.2) is 25.8 Å². The van der Waals surface area contributed by atoms with E-state index in [4.69, 9.17) is 0 Å². The third-order valence-corrected chi connectivity index (χ3v) is 4.27. The molecule has 0 aliphatic heterocycles. The predicted octanol–water partition coefficient (Wildman–Crippen LogP) is 4.80. The fourth-order valence-electron chi connectivity index (χ4n) is 2.97. The molecule has 4 rings (SSSR count). The molecule has 1 N–H and O–H groups in total. The van der Waals surface area contributed by atoms with Crippen molar-refractivity contribution >= 4 is 16.7 Å². The number of hydrogen-bond acceptors (Lipinski definition) is 3. The molecule has 0 unspecified atom stereocenters. The van der Waals surface area contributed by atoms with Crippen LogP contribution in [0.1, 0.15) is 16.1 Å². The Balaban J connectivity index is 1.91. The second-order valence-electron chi connectivity index (χ2n) is 6.07. The van der Waals surface area contributed by atoms with Crippen LogP contribution in [0.2, 0.25) is 0 Å². The van der Waals surface area contributed by atoms with Crippen LogP contribution >= 0.6 is 0 Å². The van der Waals surface area contributed by atoms with Gasteiger partial charge >= 0.3 is 12.1 Å². The van der Waals surface area contributed by atoms with Crippen LogP contribution in [-0.2, 0) is 6.18 Å². The molecule has 0 aliphatic rings. The lowest BCUT2D eigenvalue weighted by atomic mass is 10.1. The van der Waals surface area contributed by atoms with Crippen LogP contribution in [0, 0.1) is 0 Å². The number of carbonyl (C=O) groups is 1. The van der Waals surface area contributed by atoms with Crippen molar-refractivity contribution in [3.63, 3.8) is 0 Å². The highest BCUT2D eigenvalue weighted by Gasteiger charge is 2.36. The highest BCUT2D eigenvalue weighted by Crippen LogP contribution is 2.34. The fraction of sp³-hybridized carbons (Fsp3) is 0.0500. The van der Waals surface area contributed by atoms with Gasteiger partial charge in [0.1, 0.15) is 5.56 Å². The monoisotopic (exact) mass is 383 g/mol. The summed E-state index contributed by atoms with van der Waals surface area (Å²) < 4.78 is 40.7. The van der Waals surface area contributed by atoms with Gasteiger partial charge in [0.15, 0.2) is 11.5 Å². The summed E-state index contributed by atoms with van der Waals surface area (Å²) in [7, 11) is 0. The lowest BCUT2D eigenvalue weighted by molar-refractivity contribution is -0.137. The quantitative estimate of drug-likeness (QED) is 0.552. The minimum absolute atomic E-state index is 0.238. The van der Waals surface area contributed by atoms with Gasteiger partial charge in [0, 0.05) is 11.8 Å². The third-order valence-electron chi connectivity index (χ3n) is 4.27. The van der Waals surface area contributed by atoms with Gasteiger partial charge < -0.3 is 5.11 Å². The molecule has 0 atom stereocenters. The molecule has 2 aromatic heterocycles. The molecule has 4 aromatic rings. The molecule has 2 heterocycles. The number of halogens is 3. The van der Waals surface area contributed by atoms with E-state index in [0.717, 1.165) is 33.8 Å². The van der Waals surface area contributed by atoms with Crippen molar-refractivity contribution in [2.24, 2.45) is 0 Å². The Morgan fingerprint density at radius 2 is 1.71 bits per heavy atom. The first-order valence-electron chi connectivity index (χ1n) is 8.20. The summed E-state index contributed by atoms with van der Waals surface area (Å²) in [6, 6.07) is 16.1. The molecule has 2 aromatic carbocycles. The molecule has 140 valence electrons. The van der Waals surface area contributed by atoms with Crippen LogP contribution in [0.25, 0.3) is 27.8 Å². The van der Waals surface area contributed by atoms with E-state index in [1.165, 1.54) is 6.07 Å². The van der Waals surface area contributed by atoms with E-state index >= 15 is 0 Å². The summed E-state index contributed by atoms with van der Waals surface area (Å²) in [5, 5.41) is 15.5. The highest BCUT2D eigenvalue weighted by atomic mass is 19.4. The summed E-state index contributed by atoms with van der Waals surface area (Å²) in [5.74, 6) is -1.99. The standard InChI is InChI=1S/C20H12F3N3O2/c21-20(22,23)15-6-3-9-24-18(15)26-17(19(27)28)11-16(25-26)14-8-7-12-4-1-2-5-13(12)10-14/h1-11H,(H,27,28). The van der Waals surface area contributed by atoms with Crippen molar-refractivity contribution in [2.45, 2.75) is 6.18 Å². The molecule has 0 radical (unpaired) electrons. The molecule has 0 bridgehead atoms. The Kier molecular flexibility index (Phi) is 4.11. The van der Waals surface area contributed by atoms with Gasteiger partial charge in [-0.3, -0.25) is 0 Å². The zero-order valence-electron chi connectivity index (χ0n) is 14.2. The summed E-state index contributed by atoms with van der Waals surface area (Å²) >= 11 is 0. The van der Waals surface area contributed by atoms with E-state index in [1.54, 1.807) is 12.1 Å². The van der Waals surface area contributed by atoms with Crippen molar-refractivity contribution in [1.29, 1.82) is 0 Å². The molecule has 5 nitrogen and oxygen atoms in total. The first-order valence-corrected chi connectivity index (χ1v) is 8.20. The summed E-state index contributed by atoms with van der Waals surface area (Å²) in [6.45, 7) is 0. The van der Waals surface area contributed by atoms with Gasteiger partial charge in [0.05, 0.1) is 5.69 Å². The number of benzene rings is 2. The maximum absolute atomic E-state index is 13.3. The summed E-state index contributed by atoms with van der Waals surface area (Å²) in [4.78, 5) is 15.4. The summed E-state index contributed by atoms with van der Waals surface area (Å²) in [6.07, 6.45) is -3.54. The van der Waals surface area contributed by atoms with Gasteiger partial charge in [-0.05, 0) is 35.0 Å². The van der Waals surface area contributed by atoms with Crippen molar-refractivity contribution in [1.82, 2.24) is 14.8 Å². The highest BCUT2D eigenvalue weighted by molar-refractivity contribution is 5.90. The third kappa shape index (κ3) is 3.09. The molecule has 0 saturated carbocycles. The fourth-order valence-corrected chi connectivity index (χ4v) is 2.97. The van der Waals surface area contributed by atoms with Gasteiger partial charge in [-0.15, -0.1) is 0 Å². The number of alkyl halides is 3. The van der Waals surface area contributed by atoms with E-state index in [0.29, 0.717) is 5.56 Å². The van der Waals surface area contributed by atoms with Crippen LogP contribution in [0.4, 0.5) is 13.2 Å². The van der Waals surface area contributed by atoms with E-state index < -0.39 is 29.2 Å². The largest absolute Gasteiger partial charge is 0.477 e. The number of pyridine rings is 1. The van der Waals surface area contributed by atoms with E-state index in [9.17, 15) is 23.1 Å². The number of carboxylic acids is 1. The smallest absolute Gasteiger partial charge is 0.420 e. The molecule has 0 saturated heterocycles. The maximum atomic E-state index is 13.3. The lowest BCUT2D eigenvalue weighted by Gasteiger charge is -2.12. The van der Waals surface area contributed by atoms with Crippen molar-refractivity contribution in [3.8, 4) is 17.1 Å². The molecule has 0 fully saturated rings. The average molecular weight is 383 g/mol. The zero-order valence-corrected chi connectivity index (χ0v) is 14.2. The average Bonchev–Trinajstić information content (AvgIpc) is 3.12. The Morgan fingerprint density at radius 3 is 2.43 bits per heavy atom. The second kappa shape index (κ2) is 6.49. The number of carboxylic acid groups (broad SMARTS) is 1. The predicted molar refractivity (Wildman–Crippen MR) is 96.3 cm³/mol. The molecule has 0 spiro atoms. The van der Waals surface area contributed by atoms with Gasteiger partial charge in [-0.1, -0.05) is 36.4 Å². The molecule has 28 heavy (non-hydrogen) atoms. The van der Waals surface area contributed by atoms with Crippen LogP contribution < -0.4 is 0 Å². The molecule has 8 heteroatoms. The van der Waals surface area contributed by atoms with Gasteiger partial charge in [0.2, 0.25) is 0 Å². The Bertz CT molecular complexity index is 1200. The molecular formula is C20H12F3N3O2. The van der Waals surface area contributed by atoms with Crippen LogP contribution in [0.3, 0.4) is 0 Å². The zero-order chi connectivity index (χ0) is 19.9. The first-order chi connectivity index (χ1) is 13.3. The second-order valence-corrected chi connectivity index (χ2v) is 6.07. The number of aromatic carboxylic acids is 1. The van der Waals surface area contributed by atoms with E-state index in [2.05, 4.69) is 10.1 Å². The lowest BCUT2D eigenvalue weighted by Crippen LogP contribution is -2.16. The van der Waals surface area contributed by atoms with Crippen LogP contribution in [0.15, 0.2) is 66.9 Å². The number of rotatable bonds is 3. The van der Waals surface area contributed by atoms with Gasteiger partial charge in [0.25, 0.3) is 0 Å². The number of aromatic nitrogens is 3. The normalized spacial score (nSPS) is 11.7. The van der Waals surface area contributed by atoms with Crippen molar-refractivity contribution in [2.75, 3.05) is 0 Å². The van der Waals surface area contributed by atoms with E-state index in [-0.39, 0.29) is 5.69 Å². The molecular weight excluding hydrogens is 371 g/mol. The van der Waals surface area contributed by atoms with Crippen molar-refractivity contribution < 1.29 is 23.1 Å². The SMILES string of the molecule is O=C(O)c1cc(-c2ccc3ccccc3c2)nn1-c1ncccc1C(F)(F)F. The first kappa shape index (κ1) is 17.7. The number of fused-ring (bicyclic) bond motifs is 1. The maximum Gasteiger partial charge on any atom is 0.420 e. The van der Waals surface area contributed by atoms with Gasteiger partial charge in [-0.25, -0.2) is 14.5 Å². The Hall–Kier alpha value is -3.68. The summed E-state index contributed by atoms with van der Waals surface area (Å²) in [5.41, 5.74) is -0.649. The minimum atomic E-state index is -4.70. The van der Waals surface area contributed by atoms with E-state index in [1.807, 2.05) is 30.3 Å². The molecule has 0 amide bonds. The molecule has 0 aliphatic carbocycles. The van der Waals surface area contributed by atoms with Gasteiger partial charge in [-0.2, -0.15) is 18.3 Å². The topological polar surface area (TPSA) is 68.0 Å². The Morgan fingerprint density at radius 1 is 0.964 bits per heavy atom.